The molecule has 0 radical (unpaired) electrons. The van der Waals surface area contributed by atoms with Crippen molar-refractivity contribution in [1.29, 1.82) is 0 Å². The van der Waals surface area contributed by atoms with Crippen molar-refractivity contribution in [2.75, 3.05) is 4.90 Å². The molecule has 9 aromatic carbocycles. The molecule has 2 heterocycles. The van der Waals surface area contributed by atoms with Crippen LogP contribution >= 0.6 is 11.3 Å². The van der Waals surface area contributed by atoms with Crippen molar-refractivity contribution in [3.8, 4) is 33.4 Å². The molecule has 13 rings (SSSR count). The molecule has 2 nitrogen and oxygen atoms in total. The topological polar surface area (TPSA) is 16.4 Å². The van der Waals surface area contributed by atoms with Crippen LogP contribution in [-0.2, 0) is 10.8 Å². The Morgan fingerprint density at radius 1 is 0.435 bits per heavy atom. The van der Waals surface area contributed by atoms with Crippen molar-refractivity contribution in [3.63, 3.8) is 0 Å². The van der Waals surface area contributed by atoms with Gasteiger partial charge in [-0.05, 0) is 105 Å². The van der Waals surface area contributed by atoms with Crippen LogP contribution in [0.4, 0.5) is 17.1 Å². The van der Waals surface area contributed by atoms with Gasteiger partial charge >= 0.3 is 0 Å². The molecule has 294 valence electrons. The molecule has 0 fully saturated rings. The molecule has 0 atom stereocenters. The van der Waals surface area contributed by atoms with E-state index in [4.69, 9.17) is 4.42 Å². The lowest BCUT2D eigenvalue weighted by atomic mass is 9.73. The van der Waals surface area contributed by atoms with Gasteiger partial charge in [0.05, 0.1) is 11.1 Å². The van der Waals surface area contributed by atoms with Gasteiger partial charge in [-0.3, -0.25) is 0 Å². The van der Waals surface area contributed by atoms with Crippen LogP contribution in [0.5, 0.6) is 0 Å². The van der Waals surface area contributed by atoms with E-state index >= 15 is 0 Å². The van der Waals surface area contributed by atoms with Gasteiger partial charge in [0.2, 0.25) is 0 Å². The summed E-state index contributed by atoms with van der Waals surface area (Å²) in [5.41, 5.74) is 18.7. The highest BCUT2D eigenvalue weighted by Gasteiger charge is 2.43. The second kappa shape index (κ2) is 12.9. The Morgan fingerprint density at radius 3 is 1.77 bits per heavy atom. The third-order valence-electron chi connectivity index (χ3n) is 14.2. The number of benzene rings is 9. The van der Waals surface area contributed by atoms with Crippen molar-refractivity contribution >= 4 is 70.5 Å². The number of para-hydroxylation sites is 1. The van der Waals surface area contributed by atoms with Crippen molar-refractivity contribution in [3.05, 3.63) is 222 Å². The maximum atomic E-state index is 7.12. The Bertz CT molecular complexity index is 3590. The van der Waals surface area contributed by atoms with Crippen LogP contribution in [0.2, 0.25) is 0 Å². The molecule has 0 unspecified atom stereocenters. The largest absolute Gasteiger partial charge is 0.456 e. The van der Waals surface area contributed by atoms with Crippen molar-refractivity contribution in [2.45, 2.75) is 31.6 Å². The minimum Gasteiger partial charge on any atom is -0.456 e. The Balaban J connectivity index is 1.05. The standard InChI is InChI=1S/C59H41NOS/c1-58(2)47-22-9-4-15-40(47)43-32-31-38(35-51(43)58)60(37-29-27-36(28-30-37)39-20-14-21-45-44-18-8-13-26-54(44)62-57(39)45)52-34-33-50(56-55(52)46-19-7-12-25-53(46)61-56)59(3)48-23-10-5-16-41(48)42-17-6-11-24-49(42)59/h4-35H,1-3H3. The van der Waals surface area contributed by atoms with Gasteiger partial charge in [-0.25, -0.2) is 0 Å². The lowest BCUT2D eigenvalue weighted by molar-refractivity contribution is 0.638. The van der Waals surface area contributed by atoms with Crippen LogP contribution in [0.3, 0.4) is 0 Å². The highest BCUT2D eigenvalue weighted by molar-refractivity contribution is 7.26. The number of hydrogen-bond donors (Lipinski definition) is 0. The Morgan fingerprint density at radius 2 is 1.02 bits per heavy atom. The number of nitrogens with zero attached hydrogens (tertiary/aromatic N) is 1. The summed E-state index contributed by atoms with van der Waals surface area (Å²) in [7, 11) is 0. The molecule has 0 amide bonds. The van der Waals surface area contributed by atoms with Crippen LogP contribution in [-0.4, -0.2) is 0 Å². The highest BCUT2D eigenvalue weighted by Crippen LogP contribution is 2.57. The van der Waals surface area contributed by atoms with Gasteiger partial charge in [0, 0.05) is 53.3 Å². The molecule has 0 spiro atoms. The third-order valence-corrected chi connectivity index (χ3v) is 15.4. The molecule has 2 aliphatic rings. The molecule has 2 aromatic heterocycles. The first-order chi connectivity index (χ1) is 30.4. The monoisotopic (exact) mass is 811 g/mol. The van der Waals surface area contributed by atoms with Gasteiger partial charge in [0.25, 0.3) is 0 Å². The second-order valence-electron chi connectivity index (χ2n) is 17.7. The molecule has 0 saturated heterocycles. The summed E-state index contributed by atoms with van der Waals surface area (Å²) in [6, 6.07) is 71.8. The Hall–Kier alpha value is -7.20. The first kappa shape index (κ1) is 35.5. The van der Waals surface area contributed by atoms with E-state index in [-0.39, 0.29) is 5.41 Å². The summed E-state index contributed by atoms with van der Waals surface area (Å²) in [5.74, 6) is 0. The summed E-state index contributed by atoms with van der Waals surface area (Å²) in [6.45, 7) is 7.11. The molecule has 11 aromatic rings. The third kappa shape index (κ3) is 4.80. The van der Waals surface area contributed by atoms with Crippen LogP contribution in [0, 0.1) is 0 Å². The number of anilines is 3. The van der Waals surface area contributed by atoms with Crippen molar-refractivity contribution in [2.24, 2.45) is 0 Å². The molecular weight excluding hydrogens is 771 g/mol. The molecular formula is C59H41NOS. The van der Waals surface area contributed by atoms with E-state index in [0.29, 0.717) is 0 Å². The van der Waals surface area contributed by atoms with Crippen molar-refractivity contribution < 1.29 is 4.42 Å². The fraction of sp³-hybridized carbons (Fsp3) is 0.0847. The number of furan rings is 1. The first-order valence-corrected chi connectivity index (χ1v) is 22.4. The average Bonchev–Trinajstić information content (AvgIpc) is 4.03. The maximum Gasteiger partial charge on any atom is 0.141 e. The molecule has 0 aliphatic heterocycles. The number of hydrogen-bond acceptors (Lipinski definition) is 3. The van der Waals surface area contributed by atoms with E-state index in [2.05, 4.69) is 220 Å². The Kier molecular flexibility index (Phi) is 7.40. The average molecular weight is 812 g/mol. The maximum absolute atomic E-state index is 7.12. The summed E-state index contributed by atoms with van der Waals surface area (Å²) < 4.78 is 9.76. The van der Waals surface area contributed by atoms with Gasteiger partial charge < -0.3 is 9.32 Å². The fourth-order valence-corrected chi connectivity index (χ4v) is 12.4. The van der Waals surface area contributed by atoms with Gasteiger partial charge in [-0.1, -0.05) is 166 Å². The SMILES string of the molecule is CC1(C)c2ccccc2-c2ccc(N(c3ccc(-c4cccc5c4sc4ccccc45)cc3)c3ccc(C4(C)c5ccccc5-c5ccccc54)c4oc5ccccc5c34)cc21. The van der Waals surface area contributed by atoms with Crippen LogP contribution in [0.1, 0.15) is 48.6 Å². The van der Waals surface area contributed by atoms with E-state index < -0.39 is 5.41 Å². The summed E-state index contributed by atoms with van der Waals surface area (Å²) in [6.07, 6.45) is 0. The van der Waals surface area contributed by atoms with E-state index in [1.807, 2.05) is 11.3 Å². The molecule has 0 saturated carbocycles. The summed E-state index contributed by atoms with van der Waals surface area (Å²) >= 11 is 1.88. The van der Waals surface area contributed by atoms with Crippen molar-refractivity contribution in [1.82, 2.24) is 0 Å². The zero-order chi connectivity index (χ0) is 41.3. The number of thiophene rings is 1. The van der Waals surface area contributed by atoms with E-state index in [1.165, 1.54) is 81.4 Å². The number of fused-ring (bicyclic) bond motifs is 12. The lowest BCUT2D eigenvalue weighted by Gasteiger charge is -2.31. The molecule has 2 aliphatic carbocycles. The summed E-state index contributed by atoms with van der Waals surface area (Å²) in [4.78, 5) is 2.47. The second-order valence-corrected chi connectivity index (χ2v) is 18.8. The number of rotatable bonds is 5. The fourth-order valence-electron chi connectivity index (χ4n) is 11.2. The van der Waals surface area contributed by atoms with Crippen LogP contribution < -0.4 is 4.90 Å². The van der Waals surface area contributed by atoms with Gasteiger partial charge in [0.1, 0.15) is 11.2 Å². The van der Waals surface area contributed by atoms with Crippen LogP contribution in [0.25, 0.3) is 75.5 Å². The minimum absolute atomic E-state index is 0.153. The highest BCUT2D eigenvalue weighted by atomic mass is 32.1. The molecule has 62 heavy (non-hydrogen) atoms. The lowest BCUT2D eigenvalue weighted by Crippen LogP contribution is -2.23. The molecule has 3 heteroatoms. The Labute approximate surface area is 365 Å². The van der Waals surface area contributed by atoms with Crippen LogP contribution in [0.15, 0.2) is 199 Å². The van der Waals surface area contributed by atoms with Gasteiger partial charge in [-0.15, -0.1) is 11.3 Å². The molecule has 0 N–H and O–H groups in total. The smallest absolute Gasteiger partial charge is 0.141 e. The normalized spacial score (nSPS) is 14.3. The summed E-state index contributed by atoms with van der Waals surface area (Å²) in [5, 5.41) is 4.85. The zero-order valence-electron chi connectivity index (χ0n) is 34.7. The van der Waals surface area contributed by atoms with Gasteiger partial charge in [0.15, 0.2) is 0 Å². The predicted molar refractivity (Wildman–Crippen MR) is 262 cm³/mol. The van der Waals surface area contributed by atoms with E-state index in [9.17, 15) is 0 Å². The predicted octanol–water partition coefficient (Wildman–Crippen LogP) is 16.7. The van der Waals surface area contributed by atoms with E-state index in [1.54, 1.807) is 0 Å². The quantitative estimate of drug-likeness (QED) is 0.172. The minimum atomic E-state index is -0.429. The van der Waals surface area contributed by atoms with E-state index in [0.717, 1.165) is 39.0 Å². The molecule has 0 bridgehead atoms. The van der Waals surface area contributed by atoms with Gasteiger partial charge in [-0.2, -0.15) is 0 Å². The zero-order valence-corrected chi connectivity index (χ0v) is 35.6. The first-order valence-electron chi connectivity index (χ1n) is 21.6.